The highest BCUT2D eigenvalue weighted by Gasteiger charge is 2.29. The van der Waals surface area contributed by atoms with Crippen molar-refractivity contribution in [3.05, 3.63) is 65.7 Å². The SMILES string of the molecule is CCNC(=O)[C@H](C)N(Cc1ccc(C)cc1)C(=O)CN(c1ccccc1)S(C)(=O)=O. The van der Waals surface area contributed by atoms with E-state index in [4.69, 9.17) is 0 Å². The number of hydrogen-bond donors (Lipinski definition) is 1. The summed E-state index contributed by atoms with van der Waals surface area (Å²) in [6, 6.07) is 15.3. The van der Waals surface area contributed by atoms with Crippen molar-refractivity contribution in [2.75, 3.05) is 23.7 Å². The van der Waals surface area contributed by atoms with Gasteiger partial charge in [-0.2, -0.15) is 0 Å². The van der Waals surface area contributed by atoms with Crippen molar-refractivity contribution in [3.8, 4) is 0 Å². The van der Waals surface area contributed by atoms with E-state index in [2.05, 4.69) is 5.32 Å². The van der Waals surface area contributed by atoms with Gasteiger partial charge in [-0.1, -0.05) is 48.0 Å². The van der Waals surface area contributed by atoms with Gasteiger partial charge in [-0.25, -0.2) is 8.42 Å². The Balaban J connectivity index is 2.34. The second-order valence-corrected chi connectivity index (χ2v) is 9.09. The number of rotatable bonds is 9. The number of anilines is 1. The Morgan fingerprint density at radius 1 is 1.03 bits per heavy atom. The van der Waals surface area contributed by atoms with E-state index in [0.717, 1.165) is 21.7 Å². The van der Waals surface area contributed by atoms with Crippen LogP contribution in [0.4, 0.5) is 5.69 Å². The van der Waals surface area contributed by atoms with Crippen molar-refractivity contribution in [1.82, 2.24) is 10.2 Å². The molecule has 2 aromatic rings. The maximum atomic E-state index is 13.2. The van der Waals surface area contributed by atoms with E-state index in [1.54, 1.807) is 44.2 Å². The lowest BCUT2D eigenvalue weighted by molar-refractivity contribution is -0.139. The lowest BCUT2D eigenvalue weighted by atomic mass is 10.1. The first kappa shape index (κ1) is 23.4. The van der Waals surface area contributed by atoms with E-state index in [-0.39, 0.29) is 12.5 Å². The van der Waals surface area contributed by atoms with Gasteiger partial charge in [0.05, 0.1) is 11.9 Å². The van der Waals surface area contributed by atoms with Crippen molar-refractivity contribution in [2.24, 2.45) is 0 Å². The lowest BCUT2D eigenvalue weighted by Gasteiger charge is -2.31. The van der Waals surface area contributed by atoms with Gasteiger partial charge in [0.15, 0.2) is 0 Å². The molecule has 30 heavy (non-hydrogen) atoms. The summed E-state index contributed by atoms with van der Waals surface area (Å²) in [7, 11) is -3.70. The first-order valence-electron chi connectivity index (χ1n) is 9.79. The predicted octanol–water partition coefficient (Wildman–Crippen LogP) is 2.31. The summed E-state index contributed by atoms with van der Waals surface area (Å²) in [5.41, 5.74) is 2.34. The Labute approximate surface area is 178 Å². The van der Waals surface area contributed by atoms with Crippen LogP contribution < -0.4 is 9.62 Å². The monoisotopic (exact) mass is 431 g/mol. The molecule has 0 aliphatic carbocycles. The van der Waals surface area contributed by atoms with E-state index in [0.29, 0.717) is 12.2 Å². The van der Waals surface area contributed by atoms with E-state index in [9.17, 15) is 18.0 Å². The Kier molecular flexibility index (Phi) is 8.00. The summed E-state index contributed by atoms with van der Waals surface area (Å²) in [6.45, 7) is 5.66. The number of carbonyl (C=O) groups excluding carboxylic acids is 2. The molecule has 162 valence electrons. The van der Waals surface area contributed by atoms with Crippen LogP contribution in [0.1, 0.15) is 25.0 Å². The van der Waals surface area contributed by atoms with Crippen molar-refractivity contribution in [2.45, 2.75) is 33.4 Å². The number of para-hydroxylation sites is 1. The van der Waals surface area contributed by atoms with Crippen LogP contribution in [0.5, 0.6) is 0 Å². The number of nitrogens with one attached hydrogen (secondary N) is 1. The molecule has 0 saturated carbocycles. The first-order chi connectivity index (χ1) is 14.1. The minimum absolute atomic E-state index is 0.198. The molecule has 0 radical (unpaired) electrons. The zero-order valence-electron chi connectivity index (χ0n) is 17.8. The summed E-state index contributed by atoms with van der Waals surface area (Å²) in [5, 5.41) is 2.73. The molecule has 0 heterocycles. The molecule has 2 rings (SSSR count). The van der Waals surface area contributed by atoms with E-state index in [1.165, 1.54) is 4.90 Å². The summed E-state index contributed by atoms with van der Waals surface area (Å²) < 4.78 is 25.8. The minimum Gasteiger partial charge on any atom is -0.355 e. The fraction of sp³-hybridized carbons (Fsp3) is 0.364. The molecule has 0 aromatic heterocycles. The standard InChI is InChI=1S/C22H29N3O4S/c1-5-23-22(27)18(3)24(15-19-13-11-17(2)12-14-19)21(26)16-25(30(4,28)29)20-9-7-6-8-10-20/h6-14,18H,5,15-16H2,1-4H3,(H,23,27)/t18-/m0/s1. The average Bonchev–Trinajstić information content (AvgIpc) is 2.71. The van der Waals surface area contributed by atoms with Gasteiger partial charge in [0.25, 0.3) is 0 Å². The molecule has 0 aliphatic heterocycles. The molecule has 2 aromatic carbocycles. The van der Waals surface area contributed by atoms with Gasteiger partial charge in [-0.3, -0.25) is 13.9 Å². The Morgan fingerprint density at radius 3 is 2.17 bits per heavy atom. The minimum atomic E-state index is -3.70. The molecule has 0 saturated heterocycles. The average molecular weight is 432 g/mol. The molecule has 1 N–H and O–H groups in total. The first-order valence-corrected chi connectivity index (χ1v) is 11.6. The van der Waals surface area contributed by atoms with Gasteiger partial charge < -0.3 is 10.2 Å². The van der Waals surface area contributed by atoms with Gasteiger partial charge in [0.1, 0.15) is 12.6 Å². The highest BCUT2D eigenvalue weighted by Crippen LogP contribution is 2.18. The summed E-state index contributed by atoms with van der Waals surface area (Å²) in [4.78, 5) is 27.1. The molecule has 0 fully saturated rings. The van der Waals surface area contributed by atoms with Crippen LogP contribution in [0.25, 0.3) is 0 Å². The van der Waals surface area contributed by atoms with Gasteiger partial charge in [0.2, 0.25) is 21.8 Å². The largest absolute Gasteiger partial charge is 0.355 e. The van der Waals surface area contributed by atoms with Crippen LogP contribution in [0, 0.1) is 6.92 Å². The van der Waals surface area contributed by atoms with Crippen molar-refractivity contribution in [1.29, 1.82) is 0 Å². The highest BCUT2D eigenvalue weighted by atomic mass is 32.2. The molecule has 0 bridgehead atoms. The highest BCUT2D eigenvalue weighted by molar-refractivity contribution is 7.92. The number of sulfonamides is 1. The molecule has 8 heteroatoms. The maximum absolute atomic E-state index is 13.2. The molecule has 2 amide bonds. The van der Waals surface area contributed by atoms with Crippen LogP contribution in [0.3, 0.4) is 0 Å². The number of carbonyl (C=O) groups is 2. The van der Waals surface area contributed by atoms with E-state index in [1.807, 2.05) is 31.2 Å². The lowest BCUT2D eigenvalue weighted by Crippen LogP contribution is -2.51. The number of likely N-dealkylation sites (N-methyl/N-ethyl adjacent to an activating group) is 1. The smallest absolute Gasteiger partial charge is 0.244 e. The summed E-state index contributed by atoms with van der Waals surface area (Å²) in [5.74, 6) is -0.743. The van der Waals surface area contributed by atoms with Gasteiger partial charge in [-0.05, 0) is 38.5 Å². The van der Waals surface area contributed by atoms with Crippen molar-refractivity contribution >= 4 is 27.5 Å². The number of benzene rings is 2. The molecule has 0 unspecified atom stereocenters. The number of aryl methyl sites for hydroxylation is 1. The second-order valence-electron chi connectivity index (χ2n) is 7.18. The Bertz CT molecular complexity index is 960. The van der Waals surface area contributed by atoms with Crippen LogP contribution in [-0.4, -0.2) is 50.5 Å². The maximum Gasteiger partial charge on any atom is 0.244 e. The molecule has 0 aliphatic rings. The van der Waals surface area contributed by atoms with Gasteiger partial charge in [-0.15, -0.1) is 0 Å². The number of nitrogens with zero attached hydrogens (tertiary/aromatic N) is 2. The third kappa shape index (κ3) is 6.32. The normalized spacial score (nSPS) is 12.1. The Hall–Kier alpha value is -2.87. The van der Waals surface area contributed by atoms with Gasteiger partial charge >= 0.3 is 0 Å². The van der Waals surface area contributed by atoms with Crippen LogP contribution in [0.2, 0.25) is 0 Å². The van der Waals surface area contributed by atoms with Crippen LogP contribution >= 0.6 is 0 Å². The number of hydrogen-bond acceptors (Lipinski definition) is 4. The quantitative estimate of drug-likeness (QED) is 0.660. The van der Waals surface area contributed by atoms with Gasteiger partial charge in [0, 0.05) is 13.1 Å². The second kappa shape index (κ2) is 10.2. The molecule has 1 atom stereocenters. The zero-order chi connectivity index (χ0) is 22.3. The van der Waals surface area contributed by atoms with Crippen molar-refractivity contribution in [3.63, 3.8) is 0 Å². The third-order valence-electron chi connectivity index (χ3n) is 4.72. The topological polar surface area (TPSA) is 86.8 Å². The molecule has 7 nitrogen and oxygen atoms in total. The predicted molar refractivity (Wildman–Crippen MR) is 119 cm³/mol. The number of amides is 2. The molecular weight excluding hydrogens is 402 g/mol. The van der Waals surface area contributed by atoms with Crippen molar-refractivity contribution < 1.29 is 18.0 Å². The summed E-state index contributed by atoms with van der Waals surface area (Å²) >= 11 is 0. The zero-order valence-corrected chi connectivity index (χ0v) is 18.6. The summed E-state index contributed by atoms with van der Waals surface area (Å²) in [6.07, 6.45) is 1.06. The van der Waals surface area contributed by atoms with Crippen LogP contribution in [-0.2, 0) is 26.2 Å². The van der Waals surface area contributed by atoms with E-state index >= 15 is 0 Å². The molecule has 0 spiro atoms. The van der Waals surface area contributed by atoms with E-state index < -0.39 is 28.5 Å². The molecular formula is C22H29N3O4S. The third-order valence-corrected chi connectivity index (χ3v) is 5.86. The van der Waals surface area contributed by atoms with Crippen LogP contribution in [0.15, 0.2) is 54.6 Å². The fourth-order valence-electron chi connectivity index (χ4n) is 3.00. The Morgan fingerprint density at radius 2 is 1.63 bits per heavy atom. The fourth-order valence-corrected chi connectivity index (χ4v) is 3.85.